The van der Waals surface area contributed by atoms with Crippen LogP contribution in [0.4, 0.5) is 0 Å². The van der Waals surface area contributed by atoms with Crippen LogP contribution in [0.25, 0.3) is 0 Å². The van der Waals surface area contributed by atoms with E-state index in [0.717, 1.165) is 0 Å². The summed E-state index contributed by atoms with van der Waals surface area (Å²) in [6.07, 6.45) is -4.85. The molecule has 0 bridgehead atoms. The monoisotopic (exact) mass is 375 g/mol. The molecule has 1 aliphatic rings. The lowest BCUT2D eigenvalue weighted by atomic mass is 9.98. The highest BCUT2D eigenvalue weighted by atomic mass is 32.3. The molecule has 14 nitrogen and oxygen atoms in total. The van der Waals surface area contributed by atoms with Crippen molar-refractivity contribution in [3.05, 3.63) is 0 Å². The van der Waals surface area contributed by atoms with Gasteiger partial charge in [-0.3, -0.25) is 18.2 Å². The first-order chi connectivity index (χ1) is 9.57. The Morgan fingerprint density at radius 2 is 1.18 bits per heavy atom. The molecule has 16 heteroatoms. The quantitative estimate of drug-likeness (QED) is 0.195. The normalized spacial score (nSPS) is 32.1. The van der Waals surface area contributed by atoms with Crippen molar-refractivity contribution in [3.8, 4) is 0 Å². The lowest BCUT2D eigenvalue weighted by molar-refractivity contribution is -0.248. The first-order valence-corrected chi connectivity index (χ1v) is 7.83. The number of aliphatic hydroxyl groups excluding tert-OH is 4. The van der Waals surface area contributed by atoms with Crippen LogP contribution in [0.3, 0.4) is 0 Å². The largest absolute Gasteiger partial charge is 0.394 e. The Balaban J connectivity index is 0. The SMILES string of the molecule is N[C@H]1C(O)O[C@H](CO)[C@@H](O)[C@@H]1O.O=S(=O)(O)O.O=S(=O)(O)O. The number of hydrogen-bond acceptors (Lipinski definition) is 10. The van der Waals surface area contributed by atoms with Crippen molar-refractivity contribution in [1.29, 1.82) is 0 Å². The summed E-state index contributed by atoms with van der Waals surface area (Å²) in [5.74, 6) is 0. The molecule has 0 aromatic rings. The summed E-state index contributed by atoms with van der Waals surface area (Å²) >= 11 is 0. The third kappa shape index (κ3) is 14.4. The summed E-state index contributed by atoms with van der Waals surface area (Å²) in [5.41, 5.74) is 5.26. The predicted octanol–water partition coefficient (Wildman–Crippen LogP) is -4.56. The summed E-state index contributed by atoms with van der Waals surface area (Å²) in [6.45, 7) is -0.470. The van der Waals surface area contributed by atoms with Crippen molar-refractivity contribution in [2.45, 2.75) is 30.6 Å². The lowest BCUT2D eigenvalue weighted by Crippen LogP contribution is -2.61. The van der Waals surface area contributed by atoms with Gasteiger partial charge in [0.15, 0.2) is 6.29 Å². The van der Waals surface area contributed by atoms with Crippen LogP contribution < -0.4 is 5.73 Å². The fourth-order valence-electron chi connectivity index (χ4n) is 1.12. The molecule has 5 atom stereocenters. The van der Waals surface area contributed by atoms with Crippen LogP contribution in [0.1, 0.15) is 0 Å². The van der Waals surface area contributed by atoms with Crippen LogP contribution in [0, 0.1) is 0 Å². The Morgan fingerprint density at radius 3 is 1.45 bits per heavy atom. The molecular formula is C6H17NO13S2. The van der Waals surface area contributed by atoms with E-state index < -0.39 is 58.0 Å². The first kappa shape index (κ1) is 23.8. The second-order valence-electron chi connectivity index (χ2n) is 3.70. The van der Waals surface area contributed by atoms with Gasteiger partial charge in [0.05, 0.1) is 12.6 Å². The Bertz CT molecular complexity index is 452. The molecule has 0 aromatic heterocycles. The summed E-state index contributed by atoms with van der Waals surface area (Å²) in [7, 11) is -9.33. The van der Waals surface area contributed by atoms with E-state index >= 15 is 0 Å². The summed E-state index contributed by atoms with van der Waals surface area (Å²) in [6, 6.07) is -1.04. The van der Waals surface area contributed by atoms with Gasteiger partial charge in [0.2, 0.25) is 0 Å². The third-order valence-corrected chi connectivity index (χ3v) is 1.95. The topological polar surface area (TPSA) is 265 Å². The van der Waals surface area contributed by atoms with Crippen molar-refractivity contribution < 1.29 is 60.2 Å². The molecule has 1 rings (SSSR count). The third-order valence-electron chi connectivity index (χ3n) is 1.95. The molecular weight excluding hydrogens is 358 g/mol. The Hall–Kier alpha value is -0.500. The average molecular weight is 375 g/mol. The van der Waals surface area contributed by atoms with Gasteiger partial charge in [-0.05, 0) is 0 Å². The molecule has 0 aliphatic carbocycles. The lowest BCUT2D eigenvalue weighted by Gasteiger charge is -2.38. The summed E-state index contributed by atoms with van der Waals surface area (Å²) in [5, 5.41) is 36.1. The van der Waals surface area contributed by atoms with Gasteiger partial charge < -0.3 is 30.9 Å². The van der Waals surface area contributed by atoms with Gasteiger partial charge in [0, 0.05) is 0 Å². The smallest absolute Gasteiger partial charge is 0.394 e. The van der Waals surface area contributed by atoms with Gasteiger partial charge in [0.25, 0.3) is 0 Å². The van der Waals surface area contributed by atoms with Crippen LogP contribution in [-0.4, -0.2) is 92.7 Å². The molecule has 1 unspecified atom stereocenters. The van der Waals surface area contributed by atoms with E-state index in [-0.39, 0.29) is 0 Å². The van der Waals surface area contributed by atoms with Crippen molar-refractivity contribution in [3.63, 3.8) is 0 Å². The molecule has 0 radical (unpaired) electrons. The highest BCUT2D eigenvalue weighted by Crippen LogP contribution is 2.17. The molecule has 136 valence electrons. The highest BCUT2D eigenvalue weighted by molar-refractivity contribution is 7.80. The molecule has 22 heavy (non-hydrogen) atoms. The highest BCUT2D eigenvalue weighted by Gasteiger charge is 2.41. The van der Waals surface area contributed by atoms with E-state index in [1.165, 1.54) is 0 Å². The minimum absolute atomic E-state index is 0.470. The molecule has 1 saturated heterocycles. The Morgan fingerprint density at radius 1 is 0.864 bits per heavy atom. The summed E-state index contributed by atoms with van der Waals surface area (Å²) in [4.78, 5) is 0. The van der Waals surface area contributed by atoms with Crippen molar-refractivity contribution in [2.24, 2.45) is 5.73 Å². The van der Waals surface area contributed by atoms with Gasteiger partial charge in [-0.2, -0.15) is 16.8 Å². The zero-order valence-electron chi connectivity index (χ0n) is 10.6. The fourth-order valence-corrected chi connectivity index (χ4v) is 1.12. The number of rotatable bonds is 1. The van der Waals surface area contributed by atoms with E-state index in [2.05, 4.69) is 0 Å². The predicted molar refractivity (Wildman–Crippen MR) is 66.3 cm³/mol. The van der Waals surface area contributed by atoms with Gasteiger partial charge in [0.1, 0.15) is 18.3 Å². The minimum Gasteiger partial charge on any atom is -0.394 e. The molecule has 0 saturated carbocycles. The van der Waals surface area contributed by atoms with Gasteiger partial charge in [-0.25, -0.2) is 0 Å². The Labute approximate surface area is 124 Å². The van der Waals surface area contributed by atoms with Crippen LogP contribution in [0.15, 0.2) is 0 Å². The summed E-state index contributed by atoms with van der Waals surface area (Å²) < 4.78 is 67.9. The minimum atomic E-state index is -4.67. The van der Waals surface area contributed by atoms with E-state index in [1.54, 1.807) is 0 Å². The van der Waals surface area contributed by atoms with Crippen LogP contribution in [0.2, 0.25) is 0 Å². The number of aliphatic hydroxyl groups is 4. The van der Waals surface area contributed by atoms with E-state index in [0.29, 0.717) is 0 Å². The van der Waals surface area contributed by atoms with E-state index in [1.807, 2.05) is 0 Å². The molecule has 1 fully saturated rings. The zero-order chi connectivity index (χ0) is 18.3. The van der Waals surface area contributed by atoms with Gasteiger partial charge >= 0.3 is 20.8 Å². The fraction of sp³-hybridized carbons (Fsp3) is 1.00. The molecule has 1 aliphatic heterocycles. The van der Waals surface area contributed by atoms with Crippen LogP contribution in [0.5, 0.6) is 0 Å². The number of nitrogens with two attached hydrogens (primary N) is 1. The van der Waals surface area contributed by atoms with E-state index in [4.69, 9.17) is 55.7 Å². The maximum Gasteiger partial charge on any atom is 0.394 e. The van der Waals surface area contributed by atoms with Crippen molar-refractivity contribution in [1.82, 2.24) is 0 Å². The zero-order valence-corrected chi connectivity index (χ0v) is 12.2. The van der Waals surface area contributed by atoms with Crippen LogP contribution in [-0.2, 0) is 25.5 Å². The van der Waals surface area contributed by atoms with E-state index in [9.17, 15) is 10.2 Å². The Kier molecular flexibility index (Phi) is 10.4. The van der Waals surface area contributed by atoms with Crippen molar-refractivity contribution >= 4 is 20.8 Å². The molecule has 1 heterocycles. The maximum absolute atomic E-state index is 9.20. The van der Waals surface area contributed by atoms with Crippen molar-refractivity contribution in [2.75, 3.05) is 6.61 Å². The first-order valence-electron chi connectivity index (χ1n) is 5.03. The average Bonchev–Trinajstić information content (AvgIpc) is 2.27. The van der Waals surface area contributed by atoms with Gasteiger partial charge in [-0.1, -0.05) is 0 Å². The molecule has 0 spiro atoms. The maximum atomic E-state index is 9.20. The second kappa shape index (κ2) is 9.60. The molecule has 0 amide bonds. The second-order valence-corrected chi connectivity index (χ2v) is 5.49. The standard InChI is InChI=1S/C6H13NO5.2H2O4S/c7-3-5(10)4(9)2(1-8)12-6(3)11;2*1-5(2,3)4/h2-6,8-11H,1,7H2;2*(H2,1,2,3,4)/t2-,3-,4-,5-,6?;;/m1../s1. The van der Waals surface area contributed by atoms with Gasteiger partial charge in [-0.15, -0.1) is 0 Å². The molecule has 0 aromatic carbocycles. The molecule has 10 N–H and O–H groups in total. The van der Waals surface area contributed by atoms with Crippen LogP contribution >= 0.6 is 0 Å². The number of ether oxygens (including phenoxy) is 1. The number of hydrogen-bond donors (Lipinski definition) is 9.